The minimum absolute atomic E-state index is 0.287. The van der Waals surface area contributed by atoms with Crippen molar-refractivity contribution in [2.75, 3.05) is 0 Å². The van der Waals surface area contributed by atoms with Crippen LogP contribution in [0.5, 0.6) is 0 Å². The maximum absolute atomic E-state index is 13.0. The highest BCUT2D eigenvalue weighted by molar-refractivity contribution is 6.04. The summed E-state index contributed by atoms with van der Waals surface area (Å²) >= 11 is 0. The van der Waals surface area contributed by atoms with Crippen molar-refractivity contribution in [2.45, 2.75) is 90.2 Å². The zero-order chi connectivity index (χ0) is 17.3. The van der Waals surface area contributed by atoms with Gasteiger partial charge in [-0.2, -0.15) is 0 Å². The number of hydrogen-bond acceptors (Lipinski definition) is 3. The highest BCUT2D eigenvalue weighted by atomic mass is 16.3. The van der Waals surface area contributed by atoms with Gasteiger partial charge < -0.3 is 16.2 Å². The largest absolute Gasteiger partial charge is 0.388 e. The van der Waals surface area contributed by atoms with Crippen LogP contribution in [0.1, 0.15) is 78.6 Å². The lowest BCUT2D eigenvalue weighted by molar-refractivity contribution is -0.147. The van der Waals surface area contributed by atoms with E-state index in [1.165, 1.54) is 0 Å². The van der Waals surface area contributed by atoms with Crippen molar-refractivity contribution < 1.29 is 14.7 Å². The van der Waals surface area contributed by atoms with E-state index in [-0.39, 0.29) is 17.4 Å². The Bertz CT molecular complexity index is 455. The van der Waals surface area contributed by atoms with E-state index in [1.807, 2.05) is 20.8 Å². The number of nitrogens with two attached hydrogens (primary N) is 1. The number of carbonyl (C=O) groups is 2. The number of carbonyl (C=O) groups excluding carboxylic acids is 2. The molecule has 0 saturated heterocycles. The van der Waals surface area contributed by atoms with E-state index in [9.17, 15) is 14.7 Å². The third-order valence-corrected chi connectivity index (χ3v) is 5.76. The first-order chi connectivity index (χ1) is 10.6. The molecule has 2 amide bonds. The molecule has 1 atom stereocenters. The predicted octanol–water partition coefficient (Wildman–Crippen LogP) is 2.26. The molecule has 0 aromatic heterocycles. The van der Waals surface area contributed by atoms with E-state index in [0.29, 0.717) is 25.7 Å². The Balaban J connectivity index is 2.24. The second kappa shape index (κ2) is 6.42. The smallest absolute Gasteiger partial charge is 0.236 e. The molecular formula is C18H32N2O3. The lowest BCUT2D eigenvalue weighted by atomic mass is 9.70. The van der Waals surface area contributed by atoms with Crippen LogP contribution in [0.3, 0.4) is 0 Å². The van der Waals surface area contributed by atoms with Gasteiger partial charge in [-0.05, 0) is 31.1 Å². The monoisotopic (exact) mass is 324 g/mol. The molecule has 0 unspecified atom stereocenters. The molecule has 0 aromatic rings. The fourth-order valence-electron chi connectivity index (χ4n) is 4.44. The Morgan fingerprint density at radius 3 is 1.91 bits per heavy atom. The first kappa shape index (κ1) is 18.2. The molecule has 23 heavy (non-hydrogen) atoms. The number of nitrogens with one attached hydrogen (secondary N) is 1. The van der Waals surface area contributed by atoms with Crippen LogP contribution in [0.15, 0.2) is 0 Å². The van der Waals surface area contributed by atoms with E-state index in [2.05, 4.69) is 5.32 Å². The third kappa shape index (κ3) is 3.54. The van der Waals surface area contributed by atoms with Crippen LogP contribution in [-0.4, -0.2) is 28.6 Å². The van der Waals surface area contributed by atoms with Gasteiger partial charge >= 0.3 is 0 Å². The van der Waals surface area contributed by atoms with Crippen LogP contribution < -0.4 is 11.1 Å². The summed E-state index contributed by atoms with van der Waals surface area (Å²) in [5, 5.41) is 14.1. The number of amides is 2. The third-order valence-electron chi connectivity index (χ3n) is 5.76. The summed E-state index contributed by atoms with van der Waals surface area (Å²) < 4.78 is 0. The summed E-state index contributed by atoms with van der Waals surface area (Å²) in [7, 11) is 0. The molecule has 4 N–H and O–H groups in total. The van der Waals surface area contributed by atoms with Crippen molar-refractivity contribution in [1.29, 1.82) is 0 Å². The zero-order valence-corrected chi connectivity index (χ0v) is 14.8. The summed E-state index contributed by atoms with van der Waals surface area (Å²) in [6.45, 7) is 6.06. The van der Waals surface area contributed by atoms with Gasteiger partial charge in [-0.25, -0.2) is 0 Å². The van der Waals surface area contributed by atoms with E-state index in [4.69, 9.17) is 5.73 Å². The predicted molar refractivity (Wildman–Crippen MR) is 89.5 cm³/mol. The summed E-state index contributed by atoms with van der Waals surface area (Å²) in [6, 6.07) is -0.372. The fraction of sp³-hybridized carbons (Fsp3) is 0.889. The van der Waals surface area contributed by atoms with Crippen molar-refractivity contribution in [1.82, 2.24) is 5.32 Å². The highest BCUT2D eigenvalue weighted by Gasteiger charge is 2.50. The van der Waals surface area contributed by atoms with Gasteiger partial charge in [0.15, 0.2) is 0 Å². The Morgan fingerprint density at radius 1 is 1.00 bits per heavy atom. The molecule has 0 radical (unpaired) electrons. The van der Waals surface area contributed by atoms with Crippen molar-refractivity contribution >= 4 is 11.8 Å². The maximum atomic E-state index is 13.0. The van der Waals surface area contributed by atoms with Crippen molar-refractivity contribution in [3.8, 4) is 0 Å². The summed E-state index contributed by atoms with van der Waals surface area (Å²) in [5.74, 6) is -0.814. The topological polar surface area (TPSA) is 92.4 Å². The lowest BCUT2D eigenvalue weighted by Crippen LogP contribution is -2.62. The zero-order valence-electron chi connectivity index (χ0n) is 14.8. The van der Waals surface area contributed by atoms with Gasteiger partial charge in [0.05, 0.1) is 11.6 Å². The fourth-order valence-corrected chi connectivity index (χ4v) is 4.44. The van der Waals surface area contributed by atoms with Crippen molar-refractivity contribution in [3.05, 3.63) is 0 Å². The minimum atomic E-state index is -1.10. The Kier molecular flexibility index (Phi) is 5.09. The highest BCUT2D eigenvalue weighted by Crippen LogP contribution is 2.41. The van der Waals surface area contributed by atoms with Gasteiger partial charge in [0.2, 0.25) is 11.8 Å². The average molecular weight is 324 g/mol. The number of rotatable bonds is 4. The van der Waals surface area contributed by atoms with Crippen LogP contribution in [-0.2, 0) is 9.59 Å². The van der Waals surface area contributed by atoms with Gasteiger partial charge in [-0.1, -0.05) is 52.9 Å². The molecular weight excluding hydrogens is 292 g/mol. The van der Waals surface area contributed by atoms with Crippen LogP contribution in [0.2, 0.25) is 0 Å². The molecule has 0 bridgehead atoms. The van der Waals surface area contributed by atoms with Crippen LogP contribution in [0, 0.1) is 10.8 Å². The molecule has 0 aliphatic heterocycles. The minimum Gasteiger partial charge on any atom is -0.388 e. The Labute approximate surface area is 139 Å². The lowest BCUT2D eigenvalue weighted by Gasteiger charge is -2.44. The standard InChI is InChI=1S/C18H32N2O3/c1-16(2,3)13(18(23)11-7-8-12-18)20-15(22)17(14(19)21)9-5-4-6-10-17/h13,23H,4-12H2,1-3H3,(H2,19,21)(H,20,22)/t13-/m1/s1. The molecule has 5 heteroatoms. The first-order valence-electron chi connectivity index (χ1n) is 8.95. The van der Waals surface area contributed by atoms with Gasteiger partial charge in [0, 0.05) is 0 Å². The van der Waals surface area contributed by atoms with E-state index in [0.717, 1.165) is 32.1 Å². The molecule has 0 spiro atoms. The number of hydrogen-bond donors (Lipinski definition) is 3. The van der Waals surface area contributed by atoms with Gasteiger partial charge in [-0.3, -0.25) is 9.59 Å². The van der Waals surface area contributed by atoms with Crippen molar-refractivity contribution in [3.63, 3.8) is 0 Å². The van der Waals surface area contributed by atoms with Crippen molar-refractivity contribution in [2.24, 2.45) is 16.6 Å². The van der Waals surface area contributed by atoms with Gasteiger partial charge in [0.25, 0.3) is 0 Å². The molecule has 132 valence electrons. The van der Waals surface area contributed by atoms with E-state index < -0.39 is 16.9 Å². The molecule has 5 nitrogen and oxygen atoms in total. The van der Waals surface area contributed by atoms with Crippen LogP contribution in [0.25, 0.3) is 0 Å². The molecule has 2 aliphatic carbocycles. The second-order valence-corrected chi connectivity index (χ2v) is 8.59. The van der Waals surface area contributed by atoms with E-state index >= 15 is 0 Å². The SMILES string of the molecule is CC(C)(C)[C@@H](NC(=O)C1(C(N)=O)CCCCC1)C1(O)CCCC1. The normalized spacial score (nSPS) is 24.9. The average Bonchev–Trinajstić information content (AvgIpc) is 2.91. The molecule has 2 saturated carbocycles. The number of primary amides is 1. The first-order valence-corrected chi connectivity index (χ1v) is 8.95. The molecule has 2 fully saturated rings. The quantitative estimate of drug-likeness (QED) is 0.693. The van der Waals surface area contributed by atoms with Gasteiger partial charge in [-0.15, -0.1) is 0 Å². The van der Waals surface area contributed by atoms with Crippen LogP contribution >= 0.6 is 0 Å². The maximum Gasteiger partial charge on any atom is 0.236 e. The second-order valence-electron chi connectivity index (χ2n) is 8.59. The van der Waals surface area contributed by atoms with E-state index in [1.54, 1.807) is 0 Å². The Morgan fingerprint density at radius 2 is 1.48 bits per heavy atom. The van der Waals surface area contributed by atoms with Crippen LogP contribution in [0.4, 0.5) is 0 Å². The van der Waals surface area contributed by atoms with Gasteiger partial charge in [0.1, 0.15) is 5.41 Å². The summed E-state index contributed by atoms with van der Waals surface area (Å²) in [6.07, 6.45) is 7.10. The number of aliphatic hydroxyl groups is 1. The summed E-state index contributed by atoms with van der Waals surface area (Å²) in [4.78, 5) is 25.0. The summed E-state index contributed by atoms with van der Waals surface area (Å²) in [5.41, 5.74) is 3.33. The molecule has 0 aromatic carbocycles. The molecule has 2 aliphatic rings. The molecule has 0 heterocycles. The molecule has 2 rings (SSSR count). The Hall–Kier alpha value is -1.10.